The molecule has 3 heterocycles. The molecule has 4 rings (SSSR count). The lowest BCUT2D eigenvalue weighted by molar-refractivity contribution is -0.132. The molecule has 1 aromatic heterocycles. The molecule has 1 aromatic carbocycles. The van der Waals surface area contributed by atoms with Gasteiger partial charge >= 0.3 is 0 Å². The molecule has 0 aliphatic carbocycles. The van der Waals surface area contributed by atoms with Gasteiger partial charge in [-0.3, -0.25) is 14.6 Å². The molecule has 2 aliphatic heterocycles. The van der Waals surface area contributed by atoms with Crippen molar-refractivity contribution < 1.29 is 14.3 Å². The van der Waals surface area contributed by atoms with Gasteiger partial charge in [0.2, 0.25) is 5.91 Å². The summed E-state index contributed by atoms with van der Waals surface area (Å²) in [5.74, 6) is 0.497. The van der Waals surface area contributed by atoms with Crippen LogP contribution in [0.5, 0.6) is 5.75 Å². The van der Waals surface area contributed by atoms with Gasteiger partial charge in [0.05, 0.1) is 12.5 Å². The fraction of sp³-hybridized carbons (Fsp3) is 0.409. The Hall–Kier alpha value is -2.89. The molecule has 2 aromatic rings. The molecular formula is C22H25N3O3. The van der Waals surface area contributed by atoms with E-state index in [1.54, 1.807) is 32.5 Å². The Morgan fingerprint density at radius 2 is 2.04 bits per heavy atom. The van der Waals surface area contributed by atoms with Gasteiger partial charge in [-0.05, 0) is 37.3 Å². The highest BCUT2D eigenvalue weighted by atomic mass is 16.5. The molecule has 6 nitrogen and oxygen atoms in total. The van der Waals surface area contributed by atoms with Crippen molar-refractivity contribution in [2.45, 2.75) is 37.8 Å². The minimum atomic E-state index is -0.604. The molecule has 6 heteroatoms. The molecule has 0 spiro atoms. The number of hydrogen-bond acceptors (Lipinski definition) is 4. The average Bonchev–Trinajstić information content (AvgIpc) is 3.29. The van der Waals surface area contributed by atoms with Crippen molar-refractivity contribution in [3.63, 3.8) is 0 Å². The molecule has 0 saturated carbocycles. The summed E-state index contributed by atoms with van der Waals surface area (Å²) < 4.78 is 5.24. The topological polar surface area (TPSA) is 71.5 Å². The van der Waals surface area contributed by atoms with Gasteiger partial charge in [-0.15, -0.1) is 0 Å². The van der Waals surface area contributed by atoms with Crippen LogP contribution in [0.3, 0.4) is 0 Å². The van der Waals surface area contributed by atoms with Crippen LogP contribution in [0.2, 0.25) is 0 Å². The largest absolute Gasteiger partial charge is 0.497 e. The minimum Gasteiger partial charge on any atom is -0.497 e. The number of carbonyl (C=O) groups excluding carboxylic acids is 2. The molecule has 3 atom stereocenters. The van der Waals surface area contributed by atoms with E-state index in [1.807, 2.05) is 35.2 Å². The summed E-state index contributed by atoms with van der Waals surface area (Å²) in [4.78, 5) is 32.5. The number of aromatic nitrogens is 1. The van der Waals surface area contributed by atoms with E-state index in [0.717, 1.165) is 18.4 Å². The summed E-state index contributed by atoms with van der Waals surface area (Å²) in [5.41, 5.74) is 0.877. The summed E-state index contributed by atoms with van der Waals surface area (Å²) in [6, 6.07) is 13.4. The number of rotatable bonds is 5. The second-order valence-corrected chi connectivity index (χ2v) is 7.64. The number of nitrogens with zero attached hydrogens (tertiary/aromatic N) is 2. The zero-order valence-corrected chi connectivity index (χ0v) is 16.2. The van der Waals surface area contributed by atoms with E-state index in [-0.39, 0.29) is 23.9 Å². The van der Waals surface area contributed by atoms with E-state index in [1.165, 1.54) is 0 Å². The lowest BCUT2D eigenvalue weighted by atomic mass is 9.69. The number of methoxy groups -OCH3 is 1. The molecule has 28 heavy (non-hydrogen) atoms. The highest BCUT2D eigenvalue weighted by molar-refractivity contribution is 5.95. The highest BCUT2D eigenvalue weighted by Gasteiger charge is 2.61. The Balaban J connectivity index is 1.68. The van der Waals surface area contributed by atoms with Crippen molar-refractivity contribution in [2.24, 2.45) is 5.41 Å². The molecule has 0 radical (unpaired) electrons. The van der Waals surface area contributed by atoms with Gasteiger partial charge in [0.1, 0.15) is 11.4 Å². The maximum absolute atomic E-state index is 13.3. The number of ether oxygens (including phenoxy) is 1. The van der Waals surface area contributed by atoms with E-state index >= 15 is 0 Å². The number of amides is 2. The maximum atomic E-state index is 13.3. The zero-order valence-electron chi connectivity index (χ0n) is 16.2. The Kier molecular flexibility index (Phi) is 4.79. The van der Waals surface area contributed by atoms with Gasteiger partial charge in [0.15, 0.2) is 0 Å². The van der Waals surface area contributed by atoms with Crippen LogP contribution in [0, 0.1) is 5.41 Å². The van der Waals surface area contributed by atoms with Crippen molar-refractivity contribution in [1.29, 1.82) is 0 Å². The van der Waals surface area contributed by atoms with Crippen LogP contribution in [0.15, 0.2) is 48.7 Å². The molecule has 2 fully saturated rings. The second-order valence-electron chi connectivity index (χ2n) is 7.64. The van der Waals surface area contributed by atoms with E-state index in [9.17, 15) is 9.59 Å². The molecule has 1 N–H and O–H groups in total. The first-order valence-corrected chi connectivity index (χ1v) is 9.68. The normalized spacial score (nSPS) is 25.6. The Labute approximate surface area is 164 Å². The van der Waals surface area contributed by atoms with Crippen molar-refractivity contribution in [2.75, 3.05) is 14.2 Å². The molecule has 146 valence electrons. The Morgan fingerprint density at radius 1 is 1.25 bits per heavy atom. The molecule has 2 amide bonds. The van der Waals surface area contributed by atoms with Crippen LogP contribution in [-0.4, -0.2) is 47.9 Å². The number of carbonyl (C=O) groups is 2. The zero-order chi connectivity index (χ0) is 19.7. The van der Waals surface area contributed by atoms with E-state index in [4.69, 9.17) is 4.74 Å². The van der Waals surface area contributed by atoms with E-state index < -0.39 is 5.41 Å². The van der Waals surface area contributed by atoms with Crippen LogP contribution < -0.4 is 10.1 Å². The first-order chi connectivity index (χ1) is 13.6. The number of fused-ring (bicyclic) bond motifs is 2. The van der Waals surface area contributed by atoms with Gasteiger partial charge < -0.3 is 15.0 Å². The SMILES string of the molecule is CNC(=O)[C@]1(Cc2ccccc2)C[C@@H]2CC[C@H]1N2C(=O)c1cc(OC)ccn1. The van der Waals surface area contributed by atoms with Crippen LogP contribution in [0.4, 0.5) is 0 Å². The lowest BCUT2D eigenvalue weighted by Crippen LogP contribution is -2.50. The van der Waals surface area contributed by atoms with Gasteiger partial charge in [-0.2, -0.15) is 0 Å². The minimum absolute atomic E-state index is 0.0138. The number of pyridine rings is 1. The van der Waals surface area contributed by atoms with Crippen LogP contribution in [-0.2, 0) is 11.2 Å². The third-order valence-corrected chi connectivity index (χ3v) is 6.20. The molecule has 2 bridgehead atoms. The Morgan fingerprint density at radius 3 is 2.75 bits per heavy atom. The predicted octanol–water partition coefficient (Wildman–Crippen LogP) is 2.44. The van der Waals surface area contributed by atoms with Crippen LogP contribution in [0.1, 0.15) is 35.3 Å². The molecule has 0 unspecified atom stereocenters. The van der Waals surface area contributed by atoms with Crippen LogP contribution >= 0.6 is 0 Å². The summed E-state index contributed by atoms with van der Waals surface area (Å²) in [7, 11) is 3.25. The second kappa shape index (κ2) is 7.26. The Bertz CT molecular complexity index is 886. The number of nitrogens with one attached hydrogen (secondary N) is 1. The first kappa shape index (κ1) is 18.5. The van der Waals surface area contributed by atoms with E-state index in [2.05, 4.69) is 10.3 Å². The molecule has 2 aliphatic rings. The molecular weight excluding hydrogens is 354 g/mol. The highest BCUT2D eigenvalue weighted by Crippen LogP contribution is 2.52. The average molecular weight is 379 g/mol. The smallest absolute Gasteiger partial charge is 0.273 e. The quantitative estimate of drug-likeness (QED) is 0.866. The van der Waals surface area contributed by atoms with Crippen molar-refractivity contribution in [1.82, 2.24) is 15.2 Å². The predicted molar refractivity (Wildman–Crippen MR) is 105 cm³/mol. The third kappa shape index (κ3) is 2.93. The van der Waals surface area contributed by atoms with Crippen molar-refractivity contribution in [3.05, 3.63) is 59.9 Å². The standard InChI is InChI=1S/C22H25N3O3/c1-23-21(27)22(13-15-6-4-3-5-7-15)14-16-8-9-19(22)25(16)20(26)18-12-17(28-2)10-11-24-18/h3-7,10-12,16,19H,8-9,13-14H2,1-2H3,(H,23,27)/t16-,19+,22+/m0/s1. The monoisotopic (exact) mass is 379 g/mol. The summed E-state index contributed by atoms with van der Waals surface area (Å²) in [5, 5.41) is 2.86. The van der Waals surface area contributed by atoms with Crippen molar-refractivity contribution >= 4 is 11.8 Å². The fourth-order valence-electron chi connectivity index (χ4n) is 5.00. The summed E-state index contributed by atoms with van der Waals surface area (Å²) in [6.45, 7) is 0. The van der Waals surface area contributed by atoms with Gasteiger partial charge in [-0.25, -0.2) is 0 Å². The molecule has 2 saturated heterocycles. The van der Waals surface area contributed by atoms with Crippen molar-refractivity contribution in [3.8, 4) is 5.75 Å². The summed E-state index contributed by atoms with van der Waals surface area (Å²) in [6.07, 6.45) is 4.65. The third-order valence-electron chi connectivity index (χ3n) is 6.20. The van der Waals surface area contributed by atoms with Crippen LogP contribution in [0.25, 0.3) is 0 Å². The maximum Gasteiger partial charge on any atom is 0.273 e. The number of benzene rings is 1. The van der Waals surface area contributed by atoms with Gasteiger partial charge in [0.25, 0.3) is 5.91 Å². The first-order valence-electron chi connectivity index (χ1n) is 9.68. The lowest BCUT2D eigenvalue weighted by Gasteiger charge is -2.35. The van der Waals surface area contributed by atoms with Gasteiger partial charge in [-0.1, -0.05) is 30.3 Å². The fourth-order valence-corrected chi connectivity index (χ4v) is 5.00. The van der Waals surface area contributed by atoms with E-state index in [0.29, 0.717) is 24.3 Å². The summed E-state index contributed by atoms with van der Waals surface area (Å²) >= 11 is 0. The van der Waals surface area contributed by atoms with Gasteiger partial charge in [0, 0.05) is 31.4 Å². The number of hydrogen-bond donors (Lipinski definition) is 1.